The van der Waals surface area contributed by atoms with Crippen molar-refractivity contribution in [3.63, 3.8) is 0 Å². The van der Waals surface area contributed by atoms with E-state index in [1.54, 1.807) is 24.3 Å². The van der Waals surface area contributed by atoms with Gasteiger partial charge in [-0.25, -0.2) is 0 Å². The highest BCUT2D eigenvalue weighted by atomic mass is 16.5. The van der Waals surface area contributed by atoms with E-state index in [4.69, 9.17) is 9.47 Å². The number of carbonyl (C=O) groups excluding carboxylic acids is 2. The van der Waals surface area contributed by atoms with Gasteiger partial charge in [-0.2, -0.15) is 0 Å². The maximum absolute atomic E-state index is 11.9. The molecule has 0 atom stereocenters. The van der Waals surface area contributed by atoms with Crippen LogP contribution in [0.2, 0.25) is 0 Å². The number of hydrogen-bond donors (Lipinski definition) is 0. The lowest BCUT2D eigenvalue weighted by molar-refractivity contribution is -0.141. The molecule has 0 aromatic heterocycles. The Bertz CT molecular complexity index is 645. The first kappa shape index (κ1) is 15.5. The van der Waals surface area contributed by atoms with E-state index >= 15 is 0 Å². The smallest absolute Gasteiger partial charge is 0.314 e. The van der Waals surface area contributed by atoms with Crippen LogP contribution in [0.5, 0.6) is 11.5 Å². The zero-order valence-electron chi connectivity index (χ0n) is 12.0. The van der Waals surface area contributed by atoms with Crippen molar-refractivity contribution in [2.75, 3.05) is 6.61 Å². The maximum atomic E-state index is 11.9. The van der Waals surface area contributed by atoms with E-state index in [-0.39, 0.29) is 18.8 Å². The fourth-order valence-electron chi connectivity index (χ4n) is 1.77. The van der Waals surface area contributed by atoms with Crippen LogP contribution >= 0.6 is 0 Å². The third-order valence-corrected chi connectivity index (χ3v) is 2.82. The average molecular weight is 296 g/mol. The normalized spacial score (nSPS) is 9.82. The van der Waals surface area contributed by atoms with Gasteiger partial charge in [0.05, 0.1) is 0 Å². The second kappa shape index (κ2) is 7.78. The summed E-state index contributed by atoms with van der Waals surface area (Å²) in [7, 11) is 0. The van der Waals surface area contributed by atoms with Crippen LogP contribution < -0.4 is 4.74 Å². The molecule has 0 heterocycles. The highest BCUT2D eigenvalue weighted by molar-refractivity contribution is 6.05. The molecule has 0 unspecified atom stereocenters. The van der Waals surface area contributed by atoms with E-state index in [2.05, 4.69) is 6.58 Å². The Hall–Kier alpha value is -2.88. The largest absolute Gasteiger partial charge is 0.461 e. The second-order valence-corrected chi connectivity index (χ2v) is 4.51. The molecule has 0 saturated heterocycles. The molecule has 0 N–H and O–H groups in total. The van der Waals surface area contributed by atoms with Gasteiger partial charge >= 0.3 is 5.97 Å². The number of Topliss-reactive ketones (excluding diaryl/α,β-unsaturated/α-hetero) is 1. The van der Waals surface area contributed by atoms with Crippen molar-refractivity contribution in [3.8, 4) is 11.5 Å². The Morgan fingerprint density at radius 2 is 1.59 bits per heavy atom. The third kappa shape index (κ3) is 4.59. The molecule has 0 spiro atoms. The molecular weight excluding hydrogens is 280 g/mol. The van der Waals surface area contributed by atoms with Crippen molar-refractivity contribution in [1.82, 2.24) is 0 Å². The highest BCUT2D eigenvalue weighted by Gasteiger charge is 2.12. The quantitative estimate of drug-likeness (QED) is 0.338. The fourth-order valence-corrected chi connectivity index (χ4v) is 1.77. The van der Waals surface area contributed by atoms with Crippen molar-refractivity contribution in [3.05, 3.63) is 72.8 Å². The first-order chi connectivity index (χ1) is 10.7. The van der Waals surface area contributed by atoms with Gasteiger partial charge in [-0.1, -0.05) is 30.9 Å². The molecule has 0 aliphatic heterocycles. The minimum absolute atomic E-state index is 0.107. The highest BCUT2D eigenvalue weighted by Crippen LogP contribution is 2.21. The van der Waals surface area contributed by atoms with Gasteiger partial charge in [0.2, 0.25) is 0 Å². The van der Waals surface area contributed by atoms with Gasteiger partial charge in [0.15, 0.2) is 5.78 Å². The summed E-state index contributed by atoms with van der Waals surface area (Å²) in [6, 6.07) is 16.0. The summed E-state index contributed by atoms with van der Waals surface area (Å²) in [6.45, 7) is 3.55. The molecule has 0 saturated carbocycles. The van der Waals surface area contributed by atoms with Crippen LogP contribution in [-0.4, -0.2) is 18.4 Å². The predicted octanol–water partition coefficient (Wildman–Crippen LogP) is 3.78. The molecular formula is C18H16O4. The summed E-state index contributed by atoms with van der Waals surface area (Å²) < 4.78 is 10.4. The van der Waals surface area contributed by atoms with Gasteiger partial charge in [0.1, 0.15) is 24.5 Å². The van der Waals surface area contributed by atoms with E-state index in [9.17, 15) is 9.59 Å². The molecule has 4 nitrogen and oxygen atoms in total. The minimum atomic E-state index is -0.561. The molecule has 2 rings (SSSR count). The number of carbonyl (C=O) groups is 2. The van der Waals surface area contributed by atoms with Crippen LogP contribution in [0, 0.1) is 0 Å². The Balaban J connectivity index is 1.95. The Kier molecular flexibility index (Phi) is 5.49. The minimum Gasteiger partial charge on any atom is -0.461 e. The van der Waals surface area contributed by atoms with E-state index in [1.807, 2.05) is 30.3 Å². The van der Waals surface area contributed by atoms with Crippen LogP contribution in [-0.2, 0) is 9.53 Å². The number of hydrogen-bond acceptors (Lipinski definition) is 4. The van der Waals surface area contributed by atoms with Gasteiger partial charge in [-0.3, -0.25) is 9.59 Å². The van der Waals surface area contributed by atoms with Gasteiger partial charge in [-0.05, 0) is 36.4 Å². The summed E-state index contributed by atoms with van der Waals surface area (Å²) in [6.07, 6.45) is 1.17. The number of ether oxygens (including phenoxy) is 2. The zero-order valence-corrected chi connectivity index (χ0v) is 12.0. The lowest BCUT2D eigenvalue weighted by Crippen LogP contribution is -2.11. The van der Waals surface area contributed by atoms with Crippen molar-refractivity contribution in [2.45, 2.75) is 6.42 Å². The standard InChI is InChI=1S/C18H16O4/c1-2-12-21-18(20)13-17(19)14-8-10-16(11-9-14)22-15-6-4-3-5-7-15/h2-11H,1,12-13H2. The van der Waals surface area contributed by atoms with Gasteiger partial charge < -0.3 is 9.47 Å². The van der Waals surface area contributed by atoms with Crippen LogP contribution in [0.4, 0.5) is 0 Å². The van der Waals surface area contributed by atoms with Crippen molar-refractivity contribution >= 4 is 11.8 Å². The fraction of sp³-hybridized carbons (Fsp3) is 0.111. The van der Waals surface area contributed by atoms with Gasteiger partial charge in [0, 0.05) is 5.56 Å². The SMILES string of the molecule is C=CCOC(=O)CC(=O)c1ccc(Oc2ccccc2)cc1. The number of ketones is 1. The summed E-state index contributed by atoms with van der Waals surface area (Å²) in [4.78, 5) is 23.3. The Morgan fingerprint density at radius 3 is 2.23 bits per heavy atom. The van der Waals surface area contributed by atoms with Crippen molar-refractivity contribution in [1.29, 1.82) is 0 Å². The van der Waals surface area contributed by atoms with Crippen molar-refractivity contribution < 1.29 is 19.1 Å². The number of benzene rings is 2. The van der Waals surface area contributed by atoms with E-state index in [0.717, 1.165) is 5.75 Å². The monoisotopic (exact) mass is 296 g/mol. The Labute approximate surface area is 129 Å². The number of esters is 1. The number of para-hydroxylation sites is 1. The molecule has 22 heavy (non-hydrogen) atoms. The van der Waals surface area contributed by atoms with Crippen LogP contribution in [0.1, 0.15) is 16.8 Å². The second-order valence-electron chi connectivity index (χ2n) is 4.51. The summed E-state index contributed by atoms with van der Waals surface area (Å²) >= 11 is 0. The summed E-state index contributed by atoms with van der Waals surface area (Å²) in [5.74, 6) is 0.487. The summed E-state index contributed by atoms with van der Waals surface area (Å²) in [5, 5.41) is 0. The van der Waals surface area contributed by atoms with E-state index in [1.165, 1.54) is 6.08 Å². The lowest BCUT2D eigenvalue weighted by atomic mass is 10.1. The lowest BCUT2D eigenvalue weighted by Gasteiger charge is -2.06. The predicted molar refractivity (Wildman–Crippen MR) is 83.1 cm³/mol. The molecule has 0 radical (unpaired) electrons. The first-order valence-electron chi connectivity index (χ1n) is 6.81. The molecule has 2 aromatic rings. The molecule has 0 amide bonds. The molecule has 2 aromatic carbocycles. The zero-order chi connectivity index (χ0) is 15.8. The maximum Gasteiger partial charge on any atom is 0.314 e. The average Bonchev–Trinajstić information content (AvgIpc) is 2.54. The molecule has 4 heteroatoms. The third-order valence-electron chi connectivity index (χ3n) is 2.82. The van der Waals surface area contributed by atoms with Gasteiger partial charge in [-0.15, -0.1) is 0 Å². The molecule has 0 aliphatic rings. The van der Waals surface area contributed by atoms with Crippen LogP contribution in [0.25, 0.3) is 0 Å². The molecule has 0 fully saturated rings. The summed E-state index contributed by atoms with van der Waals surface area (Å²) in [5.41, 5.74) is 0.441. The molecule has 0 aliphatic carbocycles. The molecule has 0 bridgehead atoms. The van der Waals surface area contributed by atoms with Crippen molar-refractivity contribution in [2.24, 2.45) is 0 Å². The topological polar surface area (TPSA) is 52.6 Å². The molecule has 112 valence electrons. The van der Waals surface area contributed by atoms with Crippen LogP contribution in [0.15, 0.2) is 67.3 Å². The van der Waals surface area contributed by atoms with Gasteiger partial charge in [0.25, 0.3) is 0 Å². The number of rotatable bonds is 7. The van der Waals surface area contributed by atoms with E-state index in [0.29, 0.717) is 11.3 Å². The van der Waals surface area contributed by atoms with Crippen LogP contribution in [0.3, 0.4) is 0 Å². The first-order valence-corrected chi connectivity index (χ1v) is 6.81. The Morgan fingerprint density at radius 1 is 0.955 bits per heavy atom. The van der Waals surface area contributed by atoms with E-state index < -0.39 is 5.97 Å².